The Labute approximate surface area is 115 Å². The molecule has 0 aliphatic carbocycles. The van der Waals surface area contributed by atoms with Crippen molar-refractivity contribution in [2.75, 3.05) is 13.2 Å². The molecule has 3 N–H and O–H groups in total. The summed E-state index contributed by atoms with van der Waals surface area (Å²) < 4.78 is 1.94. The van der Waals surface area contributed by atoms with Crippen LogP contribution in [0.25, 0.3) is 15.3 Å². The number of aromatic nitrogens is 2. The van der Waals surface area contributed by atoms with Crippen LogP contribution in [0.3, 0.4) is 0 Å². The third kappa shape index (κ3) is 2.23. The maximum absolute atomic E-state index is 11.9. The first-order valence-corrected chi connectivity index (χ1v) is 7.31. The smallest absolute Gasteiger partial charge is 0.261 e. The minimum Gasteiger partial charge on any atom is -0.394 e. The molecule has 19 heavy (non-hydrogen) atoms. The Kier molecular flexibility index (Phi) is 3.23. The molecule has 0 aliphatic rings. The van der Waals surface area contributed by atoms with Crippen LogP contribution in [0.15, 0.2) is 17.6 Å². The van der Waals surface area contributed by atoms with E-state index in [1.165, 1.54) is 11.3 Å². The zero-order chi connectivity index (χ0) is 13.4. The highest BCUT2D eigenvalue weighted by Crippen LogP contribution is 2.28. The highest BCUT2D eigenvalue weighted by molar-refractivity contribution is 7.21. The van der Waals surface area contributed by atoms with E-state index >= 15 is 0 Å². The van der Waals surface area contributed by atoms with Crippen molar-refractivity contribution >= 4 is 43.9 Å². The number of aliphatic hydroxyl groups excluding tert-OH is 2. The summed E-state index contributed by atoms with van der Waals surface area (Å²) in [6.45, 7) is -0.337. The number of nitrogens with one attached hydrogen (secondary N) is 1. The Morgan fingerprint density at radius 2 is 2.42 bits per heavy atom. The van der Waals surface area contributed by atoms with Gasteiger partial charge in [-0.25, -0.2) is 4.98 Å². The monoisotopic (exact) mass is 297 g/mol. The lowest BCUT2D eigenvalue weighted by atomic mass is 10.3. The lowest BCUT2D eigenvalue weighted by Gasteiger charge is -2.07. The van der Waals surface area contributed by atoms with Crippen molar-refractivity contribution in [2.45, 2.75) is 6.10 Å². The van der Waals surface area contributed by atoms with Gasteiger partial charge in [0.25, 0.3) is 5.91 Å². The minimum atomic E-state index is -0.932. The molecule has 1 unspecified atom stereocenters. The number of imidazole rings is 1. The summed E-state index contributed by atoms with van der Waals surface area (Å²) in [6, 6.07) is 1.79. The second-order valence-electron chi connectivity index (χ2n) is 4.01. The van der Waals surface area contributed by atoms with Gasteiger partial charge in [-0.3, -0.25) is 9.20 Å². The molecule has 3 rings (SSSR count). The van der Waals surface area contributed by atoms with Crippen molar-refractivity contribution in [3.8, 4) is 0 Å². The number of carbonyl (C=O) groups is 1. The summed E-state index contributed by atoms with van der Waals surface area (Å²) in [7, 11) is 0. The van der Waals surface area contributed by atoms with Crippen molar-refractivity contribution in [2.24, 2.45) is 0 Å². The largest absolute Gasteiger partial charge is 0.394 e. The van der Waals surface area contributed by atoms with Crippen LogP contribution in [0.2, 0.25) is 0 Å². The maximum atomic E-state index is 11.9. The van der Waals surface area contributed by atoms with Crippen LogP contribution in [-0.4, -0.2) is 44.8 Å². The molecule has 0 bridgehead atoms. The van der Waals surface area contributed by atoms with Gasteiger partial charge < -0.3 is 15.5 Å². The van der Waals surface area contributed by atoms with Gasteiger partial charge in [0.1, 0.15) is 4.83 Å². The van der Waals surface area contributed by atoms with Crippen LogP contribution in [0.4, 0.5) is 0 Å². The van der Waals surface area contributed by atoms with E-state index in [1.54, 1.807) is 17.4 Å². The normalized spacial score (nSPS) is 13.2. The predicted molar refractivity (Wildman–Crippen MR) is 73.9 cm³/mol. The van der Waals surface area contributed by atoms with Crippen LogP contribution in [0, 0.1) is 0 Å². The molecule has 100 valence electrons. The van der Waals surface area contributed by atoms with Gasteiger partial charge in [0.15, 0.2) is 4.96 Å². The van der Waals surface area contributed by atoms with Gasteiger partial charge in [-0.1, -0.05) is 0 Å². The van der Waals surface area contributed by atoms with Crippen molar-refractivity contribution in [1.82, 2.24) is 14.7 Å². The molecule has 0 aromatic carbocycles. The van der Waals surface area contributed by atoms with Gasteiger partial charge in [0.05, 0.1) is 23.1 Å². The number of thiophene rings is 1. The Hall–Kier alpha value is -1.48. The van der Waals surface area contributed by atoms with Gasteiger partial charge in [-0.05, 0) is 6.07 Å². The fourth-order valence-corrected chi connectivity index (χ4v) is 3.44. The molecule has 3 heterocycles. The molecule has 0 spiro atoms. The van der Waals surface area contributed by atoms with E-state index in [1.807, 2.05) is 16.0 Å². The Balaban J connectivity index is 1.84. The second-order valence-corrected chi connectivity index (χ2v) is 5.92. The number of hydrogen-bond donors (Lipinski definition) is 3. The van der Waals surface area contributed by atoms with Crippen LogP contribution >= 0.6 is 22.7 Å². The topological polar surface area (TPSA) is 86.9 Å². The number of thiazole rings is 1. The summed E-state index contributed by atoms with van der Waals surface area (Å²) in [5.41, 5.74) is 0.911. The molecule has 0 radical (unpaired) electrons. The summed E-state index contributed by atoms with van der Waals surface area (Å²) in [4.78, 5) is 18.6. The molecule has 6 nitrogen and oxygen atoms in total. The van der Waals surface area contributed by atoms with Crippen molar-refractivity contribution in [3.05, 3.63) is 22.5 Å². The number of aliphatic hydroxyl groups is 2. The van der Waals surface area contributed by atoms with Crippen LogP contribution in [0.5, 0.6) is 0 Å². The Morgan fingerprint density at radius 3 is 3.21 bits per heavy atom. The summed E-state index contributed by atoms with van der Waals surface area (Å²) in [5, 5.41) is 22.4. The molecule has 0 fully saturated rings. The molecular formula is C11H11N3O3S2. The van der Waals surface area contributed by atoms with Crippen LogP contribution < -0.4 is 5.32 Å². The molecule has 1 amide bonds. The first-order valence-electron chi connectivity index (χ1n) is 5.61. The van der Waals surface area contributed by atoms with E-state index in [4.69, 9.17) is 5.11 Å². The van der Waals surface area contributed by atoms with E-state index in [0.717, 1.165) is 15.3 Å². The first kappa shape index (κ1) is 12.5. The number of nitrogens with zero attached hydrogens (tertiary/aromatic N) is 2. The van der Waals surface area contributed by atoms with Crippen LogP contribution in [0.1, 0.15) is 9.67 Å². The fourth-order valence-electron chi connectivity index (χ4n) is 1.72. The highest BCUT2D eigenvalue weighted by atomic mass is 32.1. The SMILES string of the molecule is O=C(NCC(O)CO)c1cc2c(nc3sccn32)s1. The molecule has 0 saturated carbocycles. The first-order chi connectivity index (χ1) is 9.19. The maximum Gasteiger partial charge on any atom is 0.261 e. The average Bonchev–Trinajstić information content (AvgIpc) is 3.06. The van der Waals surface area contributed by atoms with Crippen molar-refractivity contribution < 1.29 is 15.0 Å². The predicted octanol–water partition coefficient (Wildman–Crippen LogP) is 0.694. The van der Waals surface area contributed by atoms with Gasteiger partial charge in [0.2, 0.25) is 0 Å². The zero-order valence-corrected chi connectivity index (χ0v) is 11.4. The molecular weight excluding hydrogens is 286 g/mol. The van der Waals surface area contributed by atoms with E-state index < -0.39 is 6.10 Å². The summed E-state index contributed by atoms with van der Waals surface area (Å²) in [6.07, 6.45) is 0.984. The third-order valence-corrected chi connectivity index (χ3v) is 4.45. The number of amides is 1. The number of rotatable bonds is 4. The molecule has 3 aromatic heterocycles. The van der Waals surface area contributed by atoms with Gasteiger partial charge in [-0.15, -0.1) is 22.7 Å². The highest BCUT2D eigenvalue weighted by Gasteiger charge is 2.15. The summed E-state index contributed by atoms with van der Waals surface area (Å²) >= 11 is 2.86. The van der Waals surface area contributed by atoms with E-state index in [0.29, 0.717) is 4.88 Å². The number of carbonyl (C=O) groups excluding carboxylic acids is 1. The minimum absolute atomic E-state index is 0.0336. The zero-order valence-electron chi connectivity index (χ0n) is 9.74. The standard InChI is InChI=1S/C11H11N3O3S2/c15-5-6(16)4-12-9(17)8-3-7-10(19-8)13-11-14(7)1-2-18-11/h1-3,6,15-16H,4-5H2,(H,12,17). The molecule has 8 heteroatoms. The molecule has 0 aliphatic heterocycles. The average molecular weight is 297 g/mol. The van der Waals surface area contributed by atoms with Crippen molar-refractivity contribution in [3.63, 3.8) is 0 Å². The molecule has 1 atom stereocenters. The van der Waals surface area contributed by atoms with E-state index in [2.05, 4.69) is 10.3 Å². The Bertz CT molecular complexity index is 730. The number of fused-ring (bicyclic) bond motifs is 3. The van der Waals surface area contributed by atoms with Gasteiger partial charge in [0, 0.05) is 18.1 Å². The van der Waals surface area contributed by atoms with E-state index in [-0.39, 0.29) is 19.1 Å². The van der Waals surface area contributed by atoms with Crippen LogP contribution in [-0.2, 0) is 0 Å². The second kappa shape index (κ2) is 4.89. The lowest BCUT2D eigenvalue weighted by Crippen LogP contribution is -2.33. The Morgan fingerprint density at radius 1 is 1.58 bits per heavy atom. The van der Waals surface area contributed by atoms with Crippen molar-refractivity contribution in [1.29, 1.82) is 0 Å². The lowest BCUT2D eigenvalue weighted by molar-refractivity contribution is 0.0804. The van der Waals surface area contributed by atoms with Gasteiger partial charge >= 0.3 is 0 Å². The molecule has 0 saturated heterocycles. The van der Waals surface area contributed by atoms with E-state index in [9.17, 15) is 9.90 Å². The van der Waals surface area contributed by atoms with Gasteiger partial charge in [-0.2, -0.15) is 0 Å². The number of hydrogen-bond acceptors (Lipinski definition) is 6. The third-order valence-electron chi connectivity index (χ3n) is 2.67. The quantitative estimate of drug-likeness (QED) is 0.661. The fraction of sp³-hybridized carbons (Fsp3) is 0.273. The molecule has 3 aromatic rings. The summed E-state index contributed by atoms with van der Waals surface area (Å²) in [5.74, 6) is -0.264.